The Kier molecular flexibility index (Phi) is 4.98. The van der Waals surface area contributed by atoms with E-state index >= 15 is 0 Å². The maximum absolute atomic E-state index is 10.9. The van der Waals surface area contributed by atoms with Crippen LogP contribution in [0.25, 0.3) is 0 Å². The van der Waals surface area contributed by atoms with Crippen molar-refractivity contribution in [1.29, 1.82) is 0 Å². The number of nitro benzene ring substituents is 1. The average Bonchev–Trinajstić information content (AvgIpc) is 2.46. The van der Waals surface area contributed by atoms with E-state index in [2.05, 4.69) is 9.80 Å². The van der Waals surface area contributed by atoms with Crippen LogP contribution in [-0.4, -0.2) is 60.9 Å². The van der Waals surface area contributed by atoms with Crippen LogP contribution in [0.5, 0.6) is 5.75 Å². The van der Waals surface area contributed by atoms with E-state index in [1.54, 1.807) is 19.1 Å². The minimum Gasteiger partial charge on any atom is -0.490 e. The molecule has 0 bridgehead atoms. The van der Waals surface area contributed by atoms with E-state index in [4.69, 9.17) is 4.74 Å². The topological polar surface area (TPSA) is 79.1 Å². The van der Waals surface area contributed by atoms with E-state index in [1.807, 2.05) is 0 Å². The molecule has 0 saturated carbocycles. The minimum absolute atomic E-state index is 0.0195. The summed E-state index contributed by atoms with van der Waals surface area (Å²) in [5.74, 6) is 0.281. The van der Waals surface area contributed by atoms with Crippen molar-refractivity contribution in [3.8, 4) is 5.75 Å². The summed E-state index contributed by atoms with van der Waals surface area (Å²) in [7, 11) is 1.44. The summed E-state index contributed by atoms with van der Waals surface area (Å²) in [4.78, 5) is 14.8. The fourth-order valence-corrected chi connectivity index (χ4v) is 2.58. The van der Waals surface area contributed by atoms with E-state index in [0.29, 0.717) is 6.54 Å². The third kappa shape index (κ3) is 3.83. The normalized spacial score (nSPS) is 17.6. The number of piperazine rings is 1. The largest absolute Gasteiger partial charge is 0.490 e. The third-order valence-electron chi connectivity index (χ3n) is 3.62. The van der Waals surface area contributed by atoms with Crippen LogP contribution in [0.4, 0.5) is 11.4 Å². The molecule has 0 spiro atoms. The van der Waals surface area contributed by atoms with Gasteiger partial charge in [0.05, 0.1) is 18.1 Å². The average molecular weight is 295 g/mol. The molecule has 1 saturated heterocycles. The molecule has 1 aliphatic heterocycles. The van der Waals surface area contributed by atoms with E-state index in [1.165, 1.54) is 13.2 Å². The molecule has 1 heterocycles. The van der Waals surface area contributed by atoms with Gasteiger partial charge in [0.25, 0.3) is 0 Å². The summed E-state index contributed by atoms with van der Waals surface area (Å²) >= 11 is 0. The Labute approximate surface area is 123 Å². The molecule has 0 aliphatic carbocycles. The highest BCUT2D eigenvalue weighted by Gasteiger charge is 2.21. The first-order valence-electron chi connectivity index (χ1n) is 6.99. The number of aliphatic hydroxyl groups excluding tert-OH is 1. The fourth-order valence-electron chi connectivity index (χ4n) is 2.58. The lowest BCUT2D eigenvalue weighted by Crippen LogP contribution is -2.48. The molecule has 21 heavy (non-hydrogen) atoms. The zero-order valence-corrected chi connectivity index (χ0v) is 12.4. The van der Waals surface area contributed by atoms with Gasteiger partial charge in [0, 0.05) is 50.5 Å². The zero-order valence-electron chi connectivity index (χ0n) is 12.4. The van der Waals surface area contributed by atoms with Crippen molar-refractivity contribution >= 4 is 11.4 Å². The standard InChI is InChI=1S/C14H21N3O4/c1-11(18)10-15-5-7-16(8-6-15)12-3-4-13(17(19)20)14(9-12)21-2/h3-4,9,11,18H,5-8,10H2,1-2H3/t11-/m1/s1. The number of rotatable bonds is 5. The first kappa shape index (κ1) is 15.5. The number of hydrogen-bond acceptors (Lipinski definition) is 6. The Morgan fingerprint density at radius 1 is 1.38 bits per heavy atom. The summed E-state index contributed by atoms with van der Waals surface area (Å²) in [5.41, 5.74) is 0.906. The number of benzene rings is 1. The first-order valence-corrected chi connectivity index (χ1v) is 6.99. The maximum atomic E-state index is 10.9. The van der Waals surface area contributed by atoms with E-state index < -0.39 is 4.92 Å². The van der Waals surface area contributed by atoms with Crippen molar-refractivity contribution in [2.75, 3.05) is 44.7 Å². The van der Waals surface area contributed by atoms with Crippen molar-refractivity contribution in [2.24, 2.45) is 0 Å². The highest BCUT2D eigenvalue weighted by Crippen LogP contribution is 2.31. The molecule has 1 aromatic rings. The van der Waals surface area contributed by atoms with E-state index in [-0.39, 0.29) is 17.5 Å². The summed E-state index contributed by atoms with van der Waals surface area (Å²) in [5, 5.41) is 20.3. The molecule has 1 aliphatic rings. The Balaban J connectivity index is 2.05. The maximum Gasteiger partial charge on any atom is 0.311 e. The van der Waals surface area contributed by atoms with Gasteiger partial charge in [0.15, 0.2) is 5.75 Å². The third-order valence-corrected chi connectivity index (χ3v) is 3.62. The van der Waals surface area contributed by atoms with Gasteiger partial charge in [-0.1, -0.05) is 0 Å². The Morgan fingerprint density at radius 2 is 2.05 bits per heavy atom. The first-order chi connectivity index (χ1) is 10.0. The number of aliphatic hydroxyl groups is 1. The van der Waals surface area contributed by atoms with Crippen LogP contribution in [0, 0.1) is 10.1 Å². The molecule has 0 aromatic heterocycles. The van der Waals surface area contributed by atoms with Crippen molar-refractivity contribution in [2.45, 2.75) is 13.0 Å². The number of anilines is 1. The summed E-state index contributed by atoms with van der Waals surface area (Å²) in [6.45, 7) is 5.85. The number of hydrogen-bond donors (Lipinski definition) is 1. The lowest BCUT2D eigenvalue weighted by Gasteiger charge is -2.36. The lowest BCUT2D eigenvalue weighted by molar-refractivity contribution is -0.385. The molecular formula is C14H21N3O4. The van der Waals surface area contributed by atoms with E-state index in [0.717, 1.165) is 31.9 Å². The van der Waals surface area contributed by atoms with Gasteiger partial charge in [0.2, 0.25) is 0 Å². The highest BCUT2D eigenvalue weighted by molar-refractivity contribution is 5.59. The van der Waals surface area contributed by atoms with Gasteiger partial charge in [-0.3, -0.25) is 15.0 Å². The quantitative estimate of drug-likeness (QED) is 0.647. The van der Waals surface area contributed by atoms with Gasteiger partial charge < -0.3 is 14.7 Å². The van der Waals surface area contributed by atoms with Gasteiger partial charge in [-0.15, -0.1) is 0 Å². The molecule has 2 rings (SSSR count). The minimum atomic E-state index is -0.441. The van der Waals surface area contributed by atoms with Crippen LogP contribution < -0.4 is 9.64 Å². The second kappa shape index (κ2) is 6.73. The number of β-amino-alcohol motifs (C(OH)–C–C–N with tert-alkyl or cyclic N) is 1. The monoisotopic (exact) mass is 295 g/mol. The zero-order chi connectivity index (χ0) is 15.4. The molecule has 7 nitrogen and oxygen atoms in total. The second-order valence-electron chi connectivity index (χ2n) is 5.25. The highest BCUT2D eigenvalue weighted by atomic mass is 16.6. The number of methoxy groups -OCH3 is 1. The van der Waals surface area contributed by atoms with Gasteiger partial charge >= 0.3 is 5.69 Å². The Bertz CT molecular complexity index is 499. The molecule has 1 aromatic carbocycles. The van der Waals surface area contributed by atoms with Crippen LogP contribution in [0.2, 0.25) is 0 Å². The Hall–Kier alpha value is -1.86. The Morgan fingerprint density at radius 3 is 2.57 bits per heavy atom. The van der Waals surface area contributed by atoms with Crippen LogP contribution >= 0.6 is 0 Å². The summed E-state index contributed by atoms with van der Waals surface area (Å²) in [6.07, 6.45) is -0.323. The van der Waals surface area contributed by atoms with Crippen LogP contribution in [-0.2, 0) is 0 Å². The summed E-state index contributed by atoms with van der Waals surface area (Å²) < 4.78 is 5.10. The molecule has 1 atom stereocenters. The predicted molar refractivity (Wildman–Crippen MR) is 80.0 cm³/mol. The van der Waals surface area contributed by atoms with Crippen molar-refractivity contribution in [1.82, 2.24) is 4.90 Å². The second-order valence-corrected chi connectivity index (χ2v) is 5.25. The molecule has 116 valence electrons. The molecule has 0 amide bonds. The number of nitrogens with zero attached hydrogens (tertiary/aromatic N) is 3. The lowest BCUT2D eigenvalue weighted by atomic mass is 10.2. The van der Waals surface area contributed by atoms with Crippen LogP contribution in [0.15, 0.2) is 18.2 Å². The van der Waals surface area contributed by atoms with Crippen LogP contribution in [0.3, 0.4) is 0 Å². The van der Waals surface area contributed by atoms with Crippen molar-refractivity contribution in [3.05, 3.63) is 28.3 Å². The number of ether oxygens (including phenoxy) is 1. The number of nitro groups is 1. The van der Waals surface area contributed by atoms with Gasteiger partial charge in [0.1, 0.15) is 0 Å². The van der Waals surface area contributed by atoms with Gasteiger partial charge in [-0.2, -0.15) is 0 Å². The van der Waals surface area contributed by atoms with Gasteiger partial charge in [-0.05, 0) is 13.0 Å². The molecule has 0 radical (unpaired) electrons. The molecule has 1 N–H and O–H groups in total. The SMILES string of the molecule is COc1cc(N2CCN(C[C@@H](C)O)CC2)ccc1[N+](=O)[O-]. The molecular weight excluding hydrogens is 274 g/mol. The van der Waals surface area contributed by atoms with E-state index in [9.17, 15) is 15.2 Å². The fraction of sp³-hybridized carbons (Fsp3) is 0.571. The van der Waals surface area contributed by atoms with Gasteiger partial charge in [-0.25, -0.2) is 0 Å². The molecule has 0 unspecified atom stereocenters. The van der Waals surface area contributed by atoms with Crippen molar-refractivity contribution in [3.63, 3.8) is 0 Å². The molecule has 1 fully saturated rings. The molecule has 7 heteroatoms. The van der Waals surface area contributed by atoms with Crippen LogP contribution in [0.1, 0.15) is 6.92 Å². The predicted octanol–water partition coefficient (Wildman–Crippen LogP) is 1.11. The smallest absolute Gasteiger partial charge is 0.311 e. The van der Waals surface area contributed by atoms with Crippen molar-refractivity contribution < 1.29 is 14.8 Å². The summed E-state index contributed by atoms with van der Waals surface area (Å²) in [6, 6.07) is 4.95.